The second-order valence-corrected chi connectivity index (χ2v) is 8.07. The van der Waals surface area contributed by atoms with Crippen LogP contribution in [0.1, 0.15) is 38.5 Å². The number of fused-ring (bicyclic) bond motifs is 2. The first-order chi connectivity index (χ1) is 12.5. The molecule has 0 spiro atoms. The fourth-order valence-corrected chi connectivity index (χ4v) is 5.09. The average Bonchev–Trinajstić information content (AvgIpc) is 2.98. The standard InChI is InChI=1S/C20H26FN3O2.ClH/c21-16-6-1-2-7-17(16)24-11-14(10-18(24)25)20(26)23-19-12-4-3-5-13(19)9-15(22)8-12;/h1-2,6-7,12-15,19H,3-5,8-11,22H2,(H,23,26);1H. The highest BCUT2D eigenvalue weighted by atomic mass is 35.5. The number of nitrogens with zero attached hydrogens (tertiary/aromatic N) is 1. The van der Waals surface area contributed by atoms with E-state index in [1.165, 1.54) is 17.4 Å². The summed E-state index contributed by atoms with van der Waals surface area (Å²) in [6.07, 6.45) is 5.50. The Kier molecular flexibility index (Phi) is 6.06. The van der Waals surface area contributed by atoms with E-state index in [9.17, 15) is 14.0 Å². The van der Waals surface area contributed by atoms with Crippen LogP contribution in [0.2, 0.25) is 0 Å². The van der Waals surface area contributed by atoms with Crippen molar-refractivity contribution in [2.45, 2.75) is 50.6 Å². The molecular formula is C20H27ClFN3O2. The van der Waals surface area contributed by atoms with Gasteiger partial charge in [-0.05, 0) is 49.7 Å². The number of halogens is 2. The largest absolute Gasteiger partial charge is 0.353 e. The maximum Gasteiger partial charge on any atom is 0.227 e. The molecule has 4 rings (SSSR count). The number of anilines is 1. The van der Waals surface area contributed by atoms with Gasteiger partial charge in [-0.2, -0.15) is 0 Å². The summed E-state index contributed by atoms with van der Waals surface area (Å²) in [4.78, 5) is 26.6. The molecule has 3 fully saturated rings. The molecule has 3 N–H and O–H groups in total. The number of benzene rings is 1. The van der Waals surface area contributed by atoms with Crippen molar-refractivity contribution in [3.63, 3.8) is 0 Å². The van der Waals surface area contributed by atoms with E-state index >= 15 is 0 Å². The third-order valence-corrected chi connectivity index (χ3v) is 6.32. The highest BCUT2D eigenvalue weighted by Crippen LogP contribution is 2.40. The molecule has 3 atom stereocenters. The minimum atomic E-state index is -0.433. The molecule has 2 amide bonds. The second-order valence-electron chi connectivity index (χ2n) is 8.07. The van der Waals surface area contributed by atoms with Crippen LogP contribution in [0.3, 0.4) is 0 Å². The fraction of sp³-hybridized carbons (Fsp3) is 0.600. The van der Waals surface area contributed by atoms with Crippen molar-refractivity contribution in [1.82, 2.24) is 5.32 Å². The lowest BCUT2D eigenvalue weighted by Gasteiger charge is -2.45. The van der Waals surface area contributed by atoms with Crippen molar-refractivity contribution in [2.75, 3.05) is 11.4 Å². The fourth-order valence-electron chi connectivity index (χ4n) is 5.09. The molecule has 2 bridgehead atoms. The van der Waals surface area contributed by atoms with E-state index in [2.05, 4.69) is 5.32 Å². The molecule has 148 valence electrons. The summed E-state index contributed by atoms with van der Waals surface area (Å²) in [6, 6.07) is 6.63. The monoisotopic (exact) mass is 395 g/mol. The van der Waals surface area contributed by atoms with E-state index in [0.29, 0.717) is 11.8 Å². The highest BCUT2D eigenvalue weighted by molar-refractivity contribution is 6.00. The van der Waals surface area contributed by atoms with E-state index < -0.39 is 11.7 Å². The molecule has 1 aromatic carbocycles. The molecule has 2 saturated carbocycles. The summed E-state index contributed by atoms with van der Waals surface area (Å²) in [5.74, 6) is -0.228. The van der Waals surface area contributed by atoms with Gasteiger partial charge in [0.25, 0.3) is 0 Å². The molecule has 5 nitrogen and oxygen atoms in total. The van der Waals surface area contributed by atoms with Crippen molar-refractivity contribution < 1.29 is 14.0 Å². The topological polar surface area (TPSA) is 75.4 Å². The molecule has 0 aromatic heterocycles. The lowest BCUT2D eigenvalue weighted by molar-refractivity contribution is -0.128. The Hall–Kier alpha value is -1.66. The van der Waals surface area contributed by atoms with Crippen LogP contribution in [0.5, 0.6) is 0 Å². The quantitative estimate of drug-likeness (QED) is 0.826. The number of hydrogen-bond donors (Lipinski definition) is 2. The van der Waals surface area contributed by atoms with Crippen LogP contribution in [-0.2, 0) is 9.59 Å². The van der Waals surface area contributed by atoms with Gasteiger partial charge in [0.15, 0.2) is 0 Å². The average molecular weight is 396 g/mol. The zero-order valence-corrected chi connectivity index (χ0v) is 16.1. The number of amides is 2. The zero-order chi connectivity index (χ0) is 18.3. The molecule has 0 radical (unpaired) electrons. The number of carbonyl (C=O) groups is 2. The summed E-state index contributed by atoms with van der Waals surface area (Å²) in [5, 5.41) is 3.22. The highest BCUT2D eigenvalue weighted by Gasteiger charge is 2.42. The Morgan fingerprint density at radius 3 is 2.52 bits per heavy atom. The van der Waals surface area contributed by atoms with Crippen LogP contribution in [0.15, 0.2) is 24.3 Å². The minimum absolute atomic E-state index is 0. The van der Waals surface area contributed by atoms with Crippen molar-refractivity contribution >= 4 is 29.9 Å². The maximum atomic E-state index is 14.0. The Morgan fingerprint density at radius 2 is 1.85 bits per heavy atom. The molecule has 1 aromatic rings. The first-order valence-electron chi connectivity index (χ1n) is 9.63. The van der Waals surface area contributed by atoms with Gasteiger partial charge in [0.1, 0.15) is 5.82 Å². The van der Waals surface area contributed by atoms with Gasteiger partial charge in [-0.15, -0.1) is 12.4 Å². The Balaban J connectivity index is 0.00000210. The first-order valence-corrected chi connectivity index (χ1v) is 9.63. The summed E-state index contributed by atoms with van der Waals surface area (Å²) >= 11 is 0. The maximum absolute atomic E-state index is 14.0. The number of hydrogen-bond acceptors (Lipinski definition) is 3. The van der Waals surface area contributed by atoms with E-state index in [-0.39, 0.29) is 55.0 Å². The van der Waals surface area contributed by atoms with Crippen LogP contribution < -0.4 is 16.0 Å². The van der Waals surface area contributed by atoms with E-state index in [1.54, 1.807) is 18.2 Å². The Labute approximate surface area is 165 Å². The van der Waals surface area contributed by atoms with Crippen LogP contribution in [0, 0.1) is 23.6 Å². The van der Waals surface area contributed by atoms with Gasteiger partial charge in [-0.3, -0.25) is 9.59 Å². The minimum Gasteiger partial charge on any atom is -0.353 e. The Morgan fingerprint density at radius 1 is 1.19 bits per heavy atom. The van der Waals surface area contributed by atoms with Crippen molar-refractivity contribution in [3.8, 4) is 0 Å². The van der Waals surface area contributed by atoms with Gasteiger partial charge >= 0.3 is 0 Å². The molecule has 3 aliphatic rings. The molecule has 27 heavy (non-hydrogen) atoms. The number of carbonyl (C=O) groups excluding carboxylic acids is 2. The third kappa shape index (κ3) is 3.97. The lowest BCUT2D eigenvalue weighted by Crippen LogP contribution is -2.54. The van der Waals surface area contributed by atoms with Gasteiger partial charge in [0.05, 0.1) is 11.6 Å². The normalized spacial score (nSPS) is 32.7. The SMILES string of the molecule is Cl.NC1CC2CCCC(C1)C2NC(=O)C1CC(=O)N(c2ccccc2F)C1. The van der Waals surface area contributed by atoms with Crippen LogP contribution >= 0.6 is 12.4 Å². The van der Waals surface area contributed by atoms with Crippen LogP contribution in [0.4, 0.5) is 10.1 Å². The van der Waals surface area contributed by atoms with Gasteiger partial charge < -0.3 is 16.0 Å². The molecule has 7 heteroatoms. The predicted octanol–water partition coefficient (Wildman–Crippen LogP) is 2.62. The molecule has 1 aliphatic heterocycles. The van der Waals surface area contributed by atoms with Crippen LogP contribution in [0.25, 0.3) is 0 Å². The Bertz CT molecular complexity index is 702. The van der Waals surface area contributed by atoms with E-state index in [4.69, 9.17) is 5.73 Å². The summed E-state index contributed by atoms with van der Waals surface area (Å²) in [7, 11) is 0. The second kappa shape index (κ2) is 8.15. The van der Waals surface area contributed by atoms with Crippen molar-refractivity contribution in [2.24, 2.45) is 23.5 Å². The summed E-state index contributed by atoms with van der Waals surface area (Å²) < 4.78 is 14.0. The molecule has 1 saturated heterocycles. The molecular weight excluding hydrogens is 369 g/mol. The smallest absolute Gasteiger partial charge is 0.227 e. The molecule has 1 heterocycles. The van der Waals surface area contributed by atoms with Gasteiger partial charge in [-0.1, -0.05) is 18.6 Å². The van der Waals surface area contributed by atoms with Gasteiger partial charge in [-0.25, -0.2) is 4.39 Å². The zero-order valence-electron chi connectivity index (χ0n) is 15.3. The number of para-hydroxylation sites is 1. The lowest BCUT2D eigenvalue weighted by atomic mass is 9.67. The van der Waals surface area contributed by atoms with Crippen LogP contribution in [-0.4, -0.2) is 30.4 Å². The van der Waals surface area contributed by atoms with E-state index in [0.717, 1.165) is 25.7 Å². The molecule has 2 aliphatic carbocycles. The number of nitrogens with two attached hydrogens (primary N) is 1. The third-order valence-electron chi connectivity index (χ3n) is 6.32. The van der Waals surface area contributed by atoms with Crippen molar-refractivity contribution in [1.29, 1.82) is 0 Å². The summed E-state index contributed by atoms with van der Waals surface area (Å²) in [6.45, 7) is 0.243. The number of rotatable bonds is 3. The predicted molar refractivity (Wildman–Crippen MR) is 104 cm³/mol. The molecule has 3 unspecified atom stereocenters. The van der Waals surface area contributed by atoms with E-state index in [1.807, 2.05) is 0 Å². The summed E-state index contributed by atoms with van der Waals surface area (Å²) in [5.41, 5.74) is 6.41. The first kappa shape index (κ1) is 20.1. The van der Waals surface area contributed by atoms with Gasteiger partial charge in [0.2, 0.25) is 11.8 Å². The van der Waals surface area contributed by atoms with Gasteiger partial charge in [0, 0.05) is 25.0 Å². The number of nitrogens with one attached hydrogen (secondary N) is 1. The van der Waals surface area contributed by atoms with Crippen molar-refractivity contribution in [3.05, 3.63) is 30.1 Å².